The van der Waals surface area contributed by atoms with Crippen LogP contribution >= 0.6 is 11.6 Å². The van der Waals surface area contributed by atoms with Crippen LogP contribution in [0.1, 0.15) is 24.2 Å². The molecule has 1 atom stereocenters. The molecule has 1 unspecified atom stereocenters. The topological polar surface area (TPSA) is 62.2 Å². The average molecular weight is 243 g/mol. The molecular weight excluding hydrogens is 228 g/mol. The molecule has 0 saturated heterocycles. The van der Waals surface area contributed by atoms with Crippen molar-refractivity contribution < 1.29 is 9.90 Å². The Morgan fingerprint density at radius 1 is 1.62 bits per heavy atom. The molecule has 0 aromatic carbocycles. The van der Waals surface area contributed by atoms with Gasteiger partial charge in [0.05, 0.1) is 11.8 Å². The number of pyridine rings is 1. The van der Waals surface area contributed by atoms with Gasteiger partial charge in [-0.2, -0.15) is 0 Å². The third kappa shape index (κ3) is 3.10. The van der Waals surface area contributed by atoms with Crippen LogP contribution in [-0.2, 0) is 0 Å². The van der Waals surface area contributed by atoms with Crippen LogP contribution in [0.25, 0.3) is 0 Å². The van der Waals surface area contributed by atoms with Gasteiger partial charge in [0, 0.05) is 18.1 Å². The normalized spacial score (nSPS) is 12.5. The summed E-state index contributed by atoms with van der Waals surface area (Å²) in [7, 11) is 0. The van der Waals surface area contributed by atoms with Crippen molar-refractivity contribution in [2.45, 2.75) is 19.9 Å². The number of carbonyl (C=O) groups excluding carboxylic acids is 1. The van der Waals surface area contributed by atoms with Crippen molar-refractivity contribution in [2.24, 2.45) is 5.92 Å². The van der Waals surface area contributed by atoms with Crippen LogP contribution in [-0.4, -0.2) is 27.9 Å². The highest BCUT2D eigenvalue weighted by Gasteiger charge is 2.17. The third-order valence-electron chi connectivity index (χ3n) is 2.33. The Labute approximate surface area is 99.6 Å². The van der Waals surface area contributed by atoms with Gasteiger partial charge in [0.15, 0.2) is 0 Å². The van der Waals surface area contributed by atoms with Gasteiger partial charge >= 0.3 is 0 Å². The number of alkyl halides is 1. The van der Waals surface area contributed by atoms with E-state index in [1.54, 1.807) is 0 Å². The molecule has 0 fully saturated rings. The molecule has 0 aliphatic heterocycles. The molecule has 1 heterocycles. The number of aromatic nitrogens is 1. The first-order valence-electron chi connectivity index (χ1n) is 5.06. The quantitative estimate of drug-likeness (QED) is 0.792. The van der Waals surface area contributed by atoms with Crippen LogP contribution < -0.4 is 5.32 Å². The van der Waals surface area contributed by atoms with Crippen molar-refractivity contribution in [3.63, 3.8) is 0 Å². The number of aromatic hydroxyl groups is 1. The molecule has 1 aromatic heterocycles. The molecule has 0 aliphatic rings. The molecule has 0 saturated carbocycles. The van der Waals surface area contributed by atoms with E-state index in [1.165, 1.54) is 18.5 Å². The minimum Gasteiger partial charge on any atom is -0.505 e. The Balaban J connectivity index is 2.76. The molecule has 1 amide bonds. The summed E-state index contributed by atoms with van der Waals surface area (Å²) in [6.07, 6.45) is 2.69. The molecule has 0 spiro atoms. The maximum absolute atomic E-state index is 11.8. The second-order valence-corrected chi connectivity index (χ2v) is 4.18. The highest BCUT2D eigenvalue weighted by molar-refractivity contribution is 6.18. The van der Waals surface area contributed by atoms with Crippen molar-refractivity contribution >= 4 is 17.5 Å². The number of carbonyl (C=O) groups is 1. The monoisotopic (exact) mass is 242 g/mol. The second kappa shape index (κ2) is 5.70. The summed E-state index contributed by atoms with van der Waals surface area (Å²) in [5.74, 6) is 0.122. The summed E-state index contributed by atoms with van der Waals surface area (Å²) in [4.78, 5) is 15.5. The van der Waals surface area contributed by atoms with Crippen LogP contribution in [0.4, 0.5) is 0 Å². The number of nitrogens with one attached hydrogen (secondary N) is 1. The summed E-state index contributed by atoms with van der Waals surface area (Å²) < 4.78 is 0. The molecule has 88 valence electrons. The van der Waals surface area contributed by atoms with Gasteiger partial charge in [-0.3, -0.25) is 9.78 Å². The summed E-state index contributed by atoms with van der Waals surface area (Å²) in [5.41, 5.74) is 0.214. The van der Waals surface area contributed by atoms with Crippen LogP contribution in [0.3, 0.4) is 0 Å². The molecule has 0 radical (unpaired) electrons. The van der Waals surface area contributed by atoms with Gasteiger partial charge in [0.2, 0.25) is 0 Å². The first-order valence-corrected chi connectivity index (χ1v) is 5.59. The molecule has 1 aromatic rings. The molecule has 0 bridgehead atoms. The Bertz CT molecular complexity index is 369. The van der Waals surface area contributed by atoms with E-state index in [0.29, 0.717) is 5.88 Å². The zero-order chi connectivity index (χ0) is 12.1. The lowest BCUT2D eigenvalue weighted by Gasteiger charge is -2.19. The molecule has 4 nitrogen and oxygen atoms in total. The van der Waals surface area contributed by atoms with Crippen LogP contribution in [0.5, 0.6) is 5.75 Å². The maximum Gasteiger partial charge on any atom is 0.255 e. The van der Waals surface area contributed by atoms with E-state index in [4.69, 9.17) is 11.6 Å². The van der Waals surface area contributed by atoms with E-state index in [2.05, 4.69) is 10.3 Å². The fraction of sp³-hybridized carbons (Fsp3) is 0.455. The standard InChI is InChI=1S/C11H15ClN2O2/c1-7(2)9(5-12)14-11(16)8-3-4-13-6-10(8)15/h3-4,6-7,9,15H,5H2,1-2H3,(H,14,16). The molecule has 16 heavy (non-hydrogen) atoms. The SMILES string of the molecule is CC(C)C(CCl)NC(=O)c1ccncc1O. The van der Waals surface area contributed by atoms with Gasteiger partial charge in [-0.1, -0.05) is 13.8 Å². The van der Waals surface area contributed by atoms with Crippen LogP contribution in [0.15, 0.2) is 18.5 Å². The van der Waals surface area contributed by atoms with E-state index >= 15 is 0 Å². The lowest BCUT2D eigenvalue weighted by molar-refractivity contribution is 0.0928. The van der Waals surface area contributed by atoms with Gasteiger partial charge in [-0.05, 0) is 12.0 Å². The highest BCUT2D eigenvalue weighted by atomic mass is 35.5. The Morgan fingerprint density at radius 2 is 2.31 bits per heavy atom. The predicted molar refractivity (Wildman–Crippen MR) is 62.7 cm³/mol. The smallest absolute Gasteiger partial charge is 0.255 e. The number of hydrogen-bond donors (Lipinski definition) is 2. The lowest BCUT2D eigenvalue weighted by atomic mass is 10.1. The molecule has 5 heteroatoms. The number of hydrogen-bond acceptors (Lipinski definition) is 3. The number of amides is 1. The lowest BCUT2D eigenvalue weighted by Crippen LogP contribution is -2.39. The number of halogens is 1. The molecule has 2 N–H and O–H groups in total. The van der Waals surface area contributed by atoms with Crippen molar-refractivity contribution in [3.05, 3.63) is 24.0 Å². The van der Waals surface area contributed by atoms with Crippen molar-refractivity contribution in [3.8, 4) is 5.75 Å². The fourth-order valence-electron chi connectivity index (χ4n) is 1.21. The van der Waals surface area contributed by atoms with Gasteiger partial charge < -0.3 is 10.4 Å². The molecular formula is C11H15ClN2O2. The van der Waals surface area contributed by atoms with Gasteiger partial charge in [0.1, 0.15) is 5.75 Å². The van der Waals surface area contributed by atoms with Crippen LogP contribution in [0, 0.1) is 5.92 Å². The zero-order valence-corrected chi connectivity index (χ0v) is 10.0. The van der Waals surface area contributed by atoms with E-state index < -0.39 is 0 Å². The largest absolute Gasteiger partial charge is 0.505 e. The predicted octanol–water partition coefficient (Wildman–Crippen LogP) is 1.78. The first kappa shape index (κ1) is 12.8. The Hall–Kier alpha value is -1.29. The van der Waals surface area contributed by atoms with Gasteiger partial charge in [0.25, 0.3) is 5.91 Å². The second-order valence-electron chi connectivity index (χ2n) is 3.87. The summed E-state index contributed by atoms with van der Waals surface area (Å²) in [5, 5.41) is 12.2. The number of nitrogens with zero attached hydrogens (tertiary/aromatic N) is 1. The van der Waals surface area contributed by atoms with Crippen molar-refractivity contribution in [1.82, 2.24) is 10.3 Å². The Kier molecular flexibility index (Phi) is 4.55. The average Bonchev–Trinajstić information content (AvgIpc) is 2.25. The summed E-state index contributed by atoms with van der Waals surface area (Å²) >= 11 is 5.74. The molecule has 0 aliphatic carbocycles. The fourth-order valence-corrected chi connectivity index (χ4v) is 1.64. The van der Waals surface area contributed by atoms with E-state index in [-0.39, 0.29) is 29.2 Å². The minimum absolute atomic E-state index is 0.110. The summed E-state index contributed by atoms with van der Waals surface area (Å²) in [6, 6.07) is 1.36. The zero-order valence-electron chi connectivity index (χ0n) is 9.27. The van der Waals surface area contributed by atoms with Crippen LogP contribution in [0.2, 0.25) is 0 Å². The molecule has 1 rings (SSSR count). The van der Waals surface area contributed by atoms with Gasteiger partial charge in [-0.25, -0.2) is 0 Å². The van der Waals surface area contributed by atoms with E-state index in [9.17, 15) is 9.90 Å². The third-order valence-corrected chi connectivity index (χ3v) is 2.66. The van der Waals surface area contributed by atoms with Gasteiger partial charge in [-0.15, -0.1) is 11.6 Å². The Morgan fingerprint density at radius 3 is 2.81 bits per heavy atom. The summed E-state index contributed by atoms with van der Waals surface area (Å²) in [6.45, 7) is 3.94. The van der Waals surface area contributed by atoms with E-state index in [1.807, 2.05) is 13.8 Å². The first-order chi connectivity index (χ1) is 7.56. The maximum atomic E-state index is 11.8. The highest BCUT2D eigenvalue weighted by Crippen LogP contribution is 2.14. The van der Waals surface area contributed by atoms with E-state index in [0.717, 1.165) is 0 Å². The number of rotatable bonds is 4. The minimum atomic E-state index is -0.334. The van der Waals surface area contributed by atoms with Crippen molar-refractivity contribution in [1.29, 1.82) is 0 Å². The van der Waals surface area contributed by atoms with Crippen molar-refractivity contribution in [2.75, 3.05) is 5.88 Å².